The van der Waals surface area contributed by atoms with Gasteiger partial charge in [0.25, 0.3) is 17.5 Å². The van der Waals surface area contributed by atoms with Crippen LogP contribution in [0, 0.1) is 5.41 Å². The van der Waals surface area contributed by atoms with E-state index in [0.29, 0.717) is 34.9 Å². The number of nitrogens with one attached hydrogen (secondary N) is 3. The molecule has 0 aliphatic heterocycles. The standard InChI is InChI=1S/C31H35N7O3.2C2H4O2/c1-20(2)37-30-31(40)38(19-28(39)35-17-22-8-10-23(11-9-22)29(33)34)27(18-36-30)24-14-25(32)16-26(15-24)41-13-12-21-6-4-3-5-7-21;2*1-2(3)4/h3-11,14-16,18,20H,12-13,17,19,32H2,1-2H3,(H3,33,34)(H,35,39)(H,36,37);2*1H3,(H,3,4). The molecule has 4 aromatic rings. The Labute approximate surface area is 284 Å². The van der Waals surface area contributed by atoms with Gasteiger partial charge in [-0.25, -0.2) is 4.98 Å². The Morgan fingerprint density at radius 3 is 2.14 bits per heavy atom. The molecular formula is C35H43N7O7. The van der Waals surface area contributed by atoms with Crippen molar-refractivity contribution in [1.82, 2.24) is 14.9 Å². The van der Waals surface area contributed by atoms with E-state index < -0.39 is 17.5 Å². The Balaban J connectivity index is 0.000000939. The predicted octanol–water partition coefficient (Wildman–Crippen LogP) is 3.72. The number of hydrogen-bond donors (Lipinski definition) is 7. The predicted molar refractivity (Wildman–Crippen MR) is 189 cm³/mol. The number of aliphatic carboxylic acids is 2. The van der Waals surface area contributed by atoms with Crippen molar-refractivity contribution in [3.05, 3.63) is 106 Å². The van der Waals surface area contributed by atoms with Crippen molar-refractivity contribution in [3.8, 4) is 17.0 Å². The van der Waals surface area contributed by atoms with Crippen molar-refractivity contribution in [1.29, 1.82) is 5.41 Å². The molecule has 0 saturated heterocycles. The molecule has 0 aliphatic rings. The second kappa shape index (κ2) is 19.5. The van der Waals surface area contributed by atoms with E-state index in [2.05, 4.69) is 15.6 Å². The van der Waals surface area contributed by atoms with E-state index in [4.69, 9.17) is 41.4 Å². The highest BCUT2D eigenvalue weighted by Gasteiger charge is 2.17. The number of hydrogen-bond acceptors (Lipinski definition) is 9. The molecule has 0 radical (unpaired) electrons. The fourth-order valence-corrected chi connectivity index (χ4v) is 4.23. The molecule has 0 bridgehead atoms. The third-order valence-electron chi connectivity index (χ3n) is 6.26. The van der Waals surface area contributed by atoms with Gasteiger partial charge < -0.3 is 37.1 Å². The normalized spacial score (nSPS) is 10.1. The van der Waals surface area contributed by atoms with Crippen molar-refractivity contribution >= 4 is 35.2 Å². The summed E-state index contributed by atoms with van der Waals surface area (Å²) in [6, 6.07) is 22.2. The molecule has 0 fully saturated rings. The number of nitrogens with zero attached hydrogens (tertiary/aromatic N) is 2. The average Bonchev–Trinajstić information content (AvgIpc) is 3.02. The van der Waals surface area contributed by atoms with Crippen LogP contribution in [0.15, 0.2) is 83.8 Å². The Morgan fingerprint density at radius 2 is 1.57 bits per heavy atom. The maximum absolute atomic E-state index is 13.5. The molecule has 49 heavy (non-hydrogen) atoms. The van der Waals surface area contributed by atoms with Crippen LogP contribution < -0.4 is 32.4 Å². The quantitative estimate of drug-likeness (QED) is 0.0650. The molecule has 0 saturated carbocycles. The number of amides is 1. The number of amidine groups is 1. The van der Waals surface area contributed by atoms with Crippen LogP contribution in [0.5, 0.6) is 5.75 Å². The number of carbonyl (C=O) groups excluding carboxylic acids is 1. The van der Waals surface area contributed by atoms with Crippen LogP contribution >= 0.6 is 0 Å². The Kier molecular flexibility index (Phi) is 15.5. The summed E-state index contributed by atoms with van der Waals surface area (Å²) in [6.07, 6.45) is 2.28. The minimum absolute atomic E-state index is 0.0257. The summed E-state index contributed by atoms with van der Waals surface area (Å²) in [7, 11) is 0. The molecule has 0 unspecified atom stereocenters. The summed E-state index contributed by atoms with van der Waals surface area (Å²) in [5.74, 6) is -1.34. The number of aromatic nitrogens is 2. The summed E-state index contributed by atoms with van der Waals surface area (Å²) < 4.78 is 7.37. The lowest BCUT2D eigenvalue weighted by Gasteiger charge is -2.17. The number of rotatable bonds is 12. The second-order valence-electron chi connectivity index (χ2n) is 11.0. The zero-order valence-electron chi connectivity index (χ0n) is 27.9. The lowest BCUT2D eigenvalue weighted by molar-refractivity contribution is -0.135. The van der Waals surface area contributed by atoms with Gasteiger partial charge in [-0.2, -0.15) is 0 Å². The zero-order chi connectivity index (χ0) is 36.5. The fourth-order valence-electron chi connectivity index (χ4n) is 4.23. The van der Waals surface area contributed by atoms with E-state index in [0.717, 1.165) is 31.4 Å². The highest BCUT2D eigenvalue weighted by Crippen LogP contribution is 2.27. The van der Waals surface area contributed by atoms with Crippen molar-refractivity contribution in [2.45, 2.75) is 53.2 Å². The summed E-state index contributed by atoms with van der Waals surface area (Å²) in [5.41, 5.74) is 15.4. The first kappa shape index (κ1) is 39.0. The summed E-state index contributed by atoms with van der Waals surface area (Å²) in [5, 5.41) is 28.3. The number of benzene rings is 3. The lowest BCUT2D eigenvalue weighted by Crippen LogP contribution is -2.35. The molecule has 9 N–H and O–H groups in total. The van der Waals surface area contributed by atoms with Crippen LogP contribution in [0.3, 0.4) is 0 Å². The van der Waals surface area contributed by atoms with Gasteiger partial charge in [-0.3, -0.25) is 29.2 Å². The third-order valence-corrected chi connectivity index (χ3v) is 6.26. The topological polar surface area (TPSA) is 236 Å². The van der Waals surface area contributed by atoms with Gasteiger partial charge in [0.05, 0.1) is 18.5 Å². The van der Waals surface area contributed by atoms with E-state index in [1.165, 1.54) is 4.57 Å². The highest BCUT2D eigenvalue weighted by atomic mass is 16.5. The number of carboxylic acids is 2. The van der Waals surface area contributed by atoms with Gasteiger partial charge in [-0.05, 0) is 37.1 Å². The molecule has 3 aromatic carbocycles. The van der Waals surface area contributed by atoms with Gasteiger partial charge in [0.2, 0.25) is 5.91 Å². The smallest absolute Gasteiger partial charge is 0.300 e. The minimum Gasteiger partial charge on any atom is -0.493 e. The highest BCUT2D eigenvalue weighted by molar-refractivity contribution is 5.94. The maximum atomic E-state index is 13.5. The number of nitrogen functional groups attached to an aromatic ring is 2. The molecule has 14 nitrogen and oxygen atoms in total. The number of carbonyl (C=O) groups is 3. The molecule has 1 aromatic heterocycles. The Bertz CT molecular complexity index is 1750. The van der Waals surface area contributed by atoms with Crippen molar-refractivity contribution < 1.29 is 29.3 Å². The monoisotopic (exact) mass is 673 g/mol. The first-order valence-corrected chi connectivity index (χ1v) is 15.2. The van der Waals surface area contributed by atoms with Crippen LogP contribution in [0.4, 0.5) is 11.5 Å². The van der Waals surface area contributed by atoms with E-state index in [9.17, 15) is 9.59 Å². The SMILES string of the molecule is CC(=O)O.CC(=O)O.CC(C)Nc1ncc(-c2cc(N)cc(OCCc3ccccc3)c2)n(CC(=O)NCc2ccc(C(=N)N)cc2)c1=O. The summed E-state index contributed by atoms with van der Waals surface area (Å²) in [6.45, 7) is 6.45. The average molecular weight is 674 g/mol. The molecule has 0 aliphatic carbocycles. The van der Waals surface area contributed by atoms with Crippen LogP contribution in [0.1, 0.15) is 44.4 Å². The third kappa shape index (κ3) is 14.4. The van der Waals surface area contributed by atoms with Crippen LogP contribution in [-0.2, 0) is 33.9 Å². The molecule has 4 rings (SSSR count). The first-order valence-electron chi connectivity index (χ1n) is 15.2. The Hall–Kier alpha value is -6.18. The number of carboxylic acid groups (broad SMARTS) is 2. The molecular weight excluding hydrogens is 630 g/mol. The van der Waals surface area contributed by atoms with Crippen LogP contribution in [0.2, 0.25) is 0 Å². The van der Waals surface area contributed by atoms with Gasteiger partial charge in [0.15, 0.2) is 5.82 Å². The second-order valence-corrected chi connectivity index (χ2v) is 11.0. The van der Waals surface area contributed by atoms with E-state index in [1.807, 2.05) is 44.2 Å². The fraction of sp³-hybridized carbons (Fsp3) is 0.257. The molecule has 1 heterocycles. The van der Waals surface area contributed by atoms with Crippen LogP contribution in [0.25, 0.3) is 11.3 Å². The van der Waals surface area contributed by atoms with Crippen molar-refractivity contribution in [2.24, 2.45) is 5.73 Å². The molecule has 260 valence electrons. The van der Waals surface area contributed by atoms with Crippen molar-refractivity contribution in [2.75, 3.05) is 17.7 Å². The molecule has 0 spiro atoms. The summed E-state index contributed by atoms with van der Waals surface area (Å²) in [4.78, 5) is 48.9. The Morgan fingerprint density at radius 1 is 0.959 bits per heavy atom. The van der Waals surface area contributed by atoms with E-state index >= 15 is 0 Å². The maximum Gasteiger partial charge on any atom is 0.300 e. The number of ether oxygens (including phenoxy) is 1. The van der Waals surface area contributed by atoms with Gasteiger partial charge in [0.1, 0.15) is 18.1 Å². The van der Waals surface area contributed by atoms with Crippen molar-refractivity contribution in [3.63, 3.8) is 0 Å². The number of nitrogens with two attached hydrogens (primary N) is 2. The van der Waals surface area contributed by atoms with E-state index in [1.54, 1.807) is 48.7 Å². The van der Waals surface area contributed by atoms with Gasteiger partial charge in [-0.1, -0.05) is 54.6 Å². The molecule has 0 atom stereocenters. The number of anilines is 2. The van der Waals surface area contributed by atoms with Gasteiger partial charge >= 0.3 is 0 Å². The molecule has 14 heteroatoms. The van der Waals surface area contributed by atoms with E-state index in [-0.39, 0.29) is 36.7 Å². The van der Waals surface area contributed by atoms with Crippen LogP contribution in [-0.4, -0.2) is 56.1 Å². The zero-order valence-corrected chi connectivity index (χ0v) is 27.9. The lowest BCUT2D eigenvalue weighted by atomic mass is 10.1. The summed E-state index contributed by atoms with van der Waals surface area (Å²) >= 11 is 0. The molecule has 1 amide bonds. The minimum atomic E-state index is -0.833. The first-order chi connectivity index (χ1) is 23.2. The van der Waals surface area contributed by atoms with Gasteiger partial charge in [-0.15, -0.1) is 0 Å². The van der Waals surface area contributed by atoms with Gasteiger partial charge in [0, 0.05) is 55.7 Å². The largest absolute Gasteiger partial charge is 0.493 e.